The molecule has 1 aliphatic rings. The summed E-state index contributed by atoms with van der Waals surface area (Å²) in [6.07, 6.45) is 2.15. The zero-order chi connectivity index (χ0) is 19.0. The van der Waals surface area contributed by atoms with Gasteiger partial charge in [0.25, 0.3) is 5.56 Å². The Balaban J connectivity index is 1.95. The lowest BCUT2D eigenvalue weighted by atomic mass is 10.00. The molecule has 3 rings (SSSR count). The summed E-state index contributed by atoms with van der Waals surface area (Å²) < 4.78 is 3.11. The van der Waals surface area contributed by atoms with Crippen molar-refractivity contribution in [3.63, 3.8) is 0 Å². The van der Waals surface area contributed by atoms with Crippen LogP contribution in [-0.4, -0.2) is 43.5 Å². The first-order valence-corrected chi connectivity index (χ1v) is 9.18. The number of hydrogen-bond acceptors (Lipinski definition) is 4. The monoisotopic (exact) mass is 357 g/mol. The molecular formula is C19H27N5O2. The molecule has 1 amide bonds. The molecule has 0 radical (unpaired) electrons. The van der Waals surface area contributed by atoms with E-state index in [1.807, 2.05) is 25.8 Å². The van der Waals surface area contributed by atoms with E-state index in [1.165, 1.54) is 10.7 Å². The minimum atomic E-state index is -0.620. The van der Waals surface area contributed by atoms with Crippen molar-refractivity contribution in [1.82, 2.24) is 24.5 Å². The van der Waals surface area contributed by atoms with Gasteiger partial charge < -0.3 is 4.90 Å². The first-order chi connectivity index (χ1) is 12.3. The standard InChI is InChI=1S/C19H27N5O2/c1-12-7-6-10-23(11-12)19(26)15(4)24-17(25)9-8-16(21-24)18-13(2)20-22(5)14(18)3/h8-9,12,15H,6-7,10-11H2,1-5H3/t12-,15+/m1/s1. The second-order valence-electron chi connectivity index (χ2n) is 7.38. The number of piperidine rings is 1. The summed E-state index contributed by atoms with van der Waals surface area (Å²) in [6, 6.07) is 2.57. The highest BCUT2D eigenvalue weighted by Crippen LogP contribution is 2.24. The number of rotatable bonds is 3. The number of amides is 1. The van der Waals surface area contributed by atoms with Crippen LogP contribution >= 0.6 is 0 Å². The van der Waals surface area contributed by atoms with E-state index in [9.17, 15) is 9.59 Å². The van der Waals surface area contributed by atoms with Crippen molar-refractivity contribution < 1.29 is 4.79 Å². The van der Waals surface area contributed by atoms with Crippen molar-refractivity contribution in [2.75, 3.05) is 13.1 Å². The average molecular weight is 357 g/mol. The molecule has 2 atom stereocenters. The van der Waals surface area contributed by atoms with Crippen molar-refractivity contribution in [2.45, 2.75) is 46.6 Å². The molecule has 2 aromatic heterocycles. The molecule has 26 heavy (non-hydrogen) atoms. The number of aromatic nitrogens is 4. The first-order valence-electron chi connectivity index (χ1n) is 9.18. The van der Waals surface area contributed by atoms with Crippen LogP contribution < -0.4 is 5.56 Å². The lowest BCUT2D eigenvalue weighted by molar-refractivity contribution is -0.136. The molecule has 3 heterocycles. The van der Waals surface area contributed by atoms with Crippen LogP contribution in [0.25, 0.3) is 11.3 Å². The van der Waals surface area contributed by atoms with Crippen molar-refractivity contribution >= 4 is 5.91 Å². The van der Waals surface area contributed by atoms with Gasteiger partial charge in [-0.25, -0.2) is 4.68 Å². The van der Waals surface area contributed by atoms with E-state index in [-0.39, 0.29) is 11.5 Å². The molecule has 0 aliphatic carbocycles. The maximum Gasteiger partial charge on any atom is 0.267 e. The van der Waals surface area contributed by atoms with Crippen LogP contribution in [0.15, 0.2) is 16.9 Å². The van der Waals surface area contributed by atoms with Crippen LogP contribution in [0, 0.1) is 19.8 Å². The highest BCUT2D eigenvalue weighted by molar-refractivity contribution is 5.80. The Hall–Kier alpha value is -2.44. The summed E-state index contributed by atoms with van der Waals surface area (Å²) in [6.45, 7) is 9.30. The Bertz CT molecular complexity index is 883. The molecule has 0 aromatic carbocycles. The molecule has 7 nitrogen and oxygen atoms in total. The number of carbonyl (C=O) groups is 1. The van der Waals surface area contributed by atoms with E-state index in [0.29, 0.717) is 11.6 Å². The topological polar surface area (TPSA) is 73.0 Å². The third-order valence-electron chi connectivity index (χ3n) is 5.28. The highest BCUT2D eigenvalue weighted by Gasteiger charge is 2.27. The van der Waals surface area contributed by atoms with Gasteiger partial charge in [-0.2, -0.15) is 10.2 Å². The lowest BCUT2D eigenvalue weighted by Gasteiger charge is -2.32. The summed E-state index contributed by atoms with van der Waals surface area (Å²) >= 11 is 0. The van der Waals surface area contributed by atoms with E-state index in [4.69, 9.17) is 0 Å². The molecule has 7 heteroatoms. The summed E-state index contributed by atoms with van der Waals surface area (Å²) in [7, 11) is 1.88. The summed E-state index contributed by atoms with van der Waals surface area (Å²) in [5.74, 6) is 0.458. The van der Waals surface area contributed by atoms with Crippen molar-refractivity contribution in [3.8, 4) is 11.3 Å². The molecule has 0 unspecified atom stereocenters. The van der Waals surface area contributed by atoms with E-state index in [2.05, 4.69) is 17.1 Å². The molecule has 1 aliphatic heterocycles. The van der Waals surface area contributed by atoms with E-state index >= 15 is 0 Å². The summed E-state index contributed by atoms with van der Waals surface area (Å²) in [5.41, 5.74) is 3.14. The predicted molar refractivity (Wildman–Crippen MR) is 99.9 cm³/mol. The van der Waals surface area contributed by atoms with E-state index < -0.39 is 6.04 Å². The average Bonchev–Trinajstić information content (AvgIpc) is 2.86. The van der Waals surface area contributed by atoms with Crippen LogP contribution in [0.3, 0.4) is 0 Å². The molecule has 0 N–H and O–H groups in total. The Morgan fingerprint density at radius 2 is 2.00 bits per heavy atom. The Labute approximate surface area is 153 Å². The fourth-order valence-electron chi connectivity index (χ4n) is 3.74. The number of hydrogen-bond donors (Lipinski definition) is 0. The quantitative estimate of drug-likeness (QED) is 0.843. The second-order valence-corrected chi connectivity index (χ2v) is 7.38. The maximum absolute atomic E-state index is 12.9. The second kappa shape index (κ2) is 7.05. The zero-order valence-electron chi connectivity index (χ0n) is 16.2. The number of nitrogens with zero attached hydrogens (tertiary/aromatic N) is 5. The Morgan fingerprint density at radius 3 is 2.62 bits per heavy atom. The van der Waals surface area contributed by atoms with Crippen LogP contribution in [0.4, 0.5) is 0 Å². The fraction of sp³-hybridized carbons (Fsp3) is 0.579. The van der Waals surface area contributed by atoms with Gasteiger partial charge in [-0.05, 0) is 45.6 Å². The van der Waals surface area contributed by atoms with Crippen molar-refractivity contribution in [2.24, 2.45) is 13.0 Å². The third kappa shape index (κ3) is 3.30. The van der Waals surface area contributed by atoms with Crippen molar-refractivity contribution in [1.29, 1.82) is 0 Å². The van der Waals surface area contributed by atoms with Crippen LogP contribution in [0.5, 0.6) is 0 Å². The van der Waals surface area contributed by atoms with Crippen molar-refractivity contribution in [3.05, 3.63) is 33.9 Å². The van der Waals surface area contributed by atoms with Gasteiger partial charge in [-0.1, -0.05) is 6.92 Å². The molecule has 0 saturated carbocycles. The number of carbonyl (C=O) groups excluding carboxylic acids is 1. The summed E-state index contributed by atoms with van der Waals surface area (Å²) in [5, 5.41) is 8.93. The zero-order valence-corrected chi connectivity index (χ0v) is 16.2. The van der Waals surface area contributed by atoms with Gasteiger partial charge in [0.05, 0.1) is 11.4 Å². The molecule has 1 saturated heterocycles. The van der Waals surface area contributed by atoms with Crippen LogP contribution in [-0.2, 0) is 11.8 Å². The van der Waals surface area contributed by atoms with Gasteiger partial charge in [0.2, 0.25) is 5.91 Å². The fourth-order valence-corrected chi connectivity index (χ4v) is 3.74. The van der Waals surface area contributed by atoms with Gasteiger partial charge in [-0.15, -0.1) is 0 Å². The molecule has 140 valence electrons. The third-order valence-corrected chi connectivity index (χ3v) is 5.28. The molecular weight excluding hydrogens is 330 g/mol. The highest BCUT2D eigenvalue weighted by atomic mass is 16.2. The van der Waals surface area contributed by atoms with Crippen LogP contribution in [0.1, 0.15) is 44.1 Å². The van der Waals surface area contributed by atoms with E-state index in [1.54, 1.807) is 17.7 Å². The summed E-state index contributed by atoms with van der Waals surface area (Å²) in [4.78, 5) is 27.1. The minimum absolute atomic E-state index is 0.0390. The number of aryl methyl sites for hydroxylation is 2. The smallest absolute Gasteiger partial charge is 0.267 e. The lowest BCUT2D eigenvalue weighted by Crippen LogP contribution is -2.44. The molecule has 0 spiro atoms. The maximum atomic E-state index is 12.9. The van der Waals surface area contributed by atoms with Gasteiger partial charge in [0.15, 0.2) is 0 Å². The largest absolute Gasteiger partial charge is 0.341 e. The first kappa shape index (κ1) is 18.4. The van der Waals surface area contributed by atoms with Gasteiger partial charge in [-0.3, -0.25) is 14.3 Å². The normalized spacial score (nSPS) is 18.8. The molecule has 0 bridgehead atoms. The predicted octanol–water partition coefficient (Wildman–Crippen LogP) is 2.08. The molecule has 2 aromatic rings. The van der Waals surface area contributed by atoms with Crippen LogP contribution in [0.2, 0.25) is 0 Å². The Kier molecular flexibility index (Phi) is 4.98. The minimum Gasteiger partial charge on any atom is -0.341 e. The molecule has 1 fully saturated rings. The number of likely N-dealkylation sites (tertiary alicyclic amines) is 1. The van der Waals surface area contributed by atoms with Gasteiger partial charge in [0, 0.05) is 37.5 Å². The van der Waals surface area contributed by atoms with Gasteiger partial charge in [0.1, 0.15) is 6.04 Å². The van der Waals surface area contributed by atoms with Gasteiger partial charge >= 0.3 is 0 Å². The Morgan fingerprint density at radius 1 is 1.27 bits per heavy atom. The van der Waals surface area contributed by atoms with E-state index in [0.717, 1.165) is 42.9 Å². The SMILES string of the molecule is Cc1nn(C)c(C)c1-c1ccc(=O)n([C@@H](C)C(=O)N2CCC[C@@H](C)C2)n1.